The minimum Gasteiger partial charge on any atom is -0.380 e. The van der Waals surface area contributed by atoms with E-state index in [0.717, 1.165) is 75.7 Å². The molecule has 0 bridgehead atoms. The molecule has 3 aliphatic rings. The molecule has 0 spiro atoms. The molecule has 1 aromatic carbocycles. The fourth-order valence-electron chi connectivity index (χ4n) is 4.50. The van der Waals surface area contributed by atoms with Gasteiger partial charge in [-0.05, 0) is 24.8 Å². The van der Waals surface area contributed by atoms with E-state index in [9.17, 15) is 4.79 Å². The van der Waals surface area contributed by atoms with Crippen molar-refractivity contribution in [1.82, 2.24) is 15.1 Å². The number of piperidine rings is 1. The largest absolute Gasteiger partial charge is 0.380 e. The number of nitrogens with zero attached hydrogens (tertiary/aromatic N) is 2. The first-order valence-corrected chi connectivity index (χ1v) is 11.5. The molecule has 0 aromatic heterocycles. The molecule has 3 fully saturated rings. The van der Waals surface area contributed by atoms with Crippen LogP contribution in [0, 0.1) is 0 Å². The van der Waals surface area contributed by atoms with Crippen LogP contribution < -0.4 is 5.32 Å². The van der Waals surface area contributed by atoms with Crippen molar-refractivity contribution in [2.75, 3.05) is 50.9 Å². The Morgan fingerprint density at radius 3 is 2.48 bits per heavy atom. The van der Waals surface area contributed by atoms with E-state index in [1.807, 2.05) is 30.0 Å². The maximum Gasteiger partial charge on any atom is 0.242 e. The molecule has 2 unspecified atom stereocenters. The molecule has 3 heterocycles. The summed E-state index contributed by atoms with van der Waals surface area (Å²) < 4.78 is 5.53. The number of hydrogen-bond donors (Lipinski definition) is 1. The molecule has 4 rings (SSSR count). The number of likely N-dealkylation sites (tertiary alicyclic amines) is 1. The molecule has 148 valence electrons. The first-order chi connectivity index (χ1) is 13.3. The molecule has 3 aliphatic heterocycles. The molecule has 1 N–H and O–H groups in total. The third-order valence-corrected chi connectivity index (χ3v) is 7.01. The predicted octanol–water partition coefficient (Wildman–Crippen LogP) is 2.15. The Kier molecular flexibility index (Phi) is 6.71. The number of thioether (sulfide) groups is 1. The van der Waals surface area contributed by atoms with Crippen molar-refractivity contribution in [2.45, 2.75) is 37.4 Å². The maximum absolute atomic E-state index is 13.3. The Labute approximate surface area is 166 Å². The van der Waals surface area contributed by atoms with E-state index >= 15 is 0 Å². The van der Waals surface area contributed by atoms with Crippen molar-refractivity contribution >= 4 is 17.7 Å². The molecule has 5 nitrogen and oxygen atoms in total. The zero-order chi connectivity index (χ0) is 18.5. The van der Waals surface area contributed by atoms with E-state index in [1.165, 1.54) is 0 Å². The van der Waals surface area contributed by atoms with E-state index in [0.29, 0.717) is 12.1 Å². The number of carbonyl (C=O) groups is 1. The Hall–Kier alpha value is -1.08. The van der Waals surface area contributed by atoms with Gasteiger partial charge in [-0.25, -0.2) is 0 Å². The summed E-state index contributed by atoms with van der Waals surface area (Å²) >= 11 is 1.98. The second-order valence-electron chi connectivity index (χ2n) is 7.80. The summed E-state index contributed by atoms with van der Waals surface area (Å²) in [5.41, 5.74) is 1.11. The number of amides is 1. The molecule has 0 saturated carbocycles. The van der Waals surface area contributed by atoms with Crippen molar-refractivity contribution in [3.05, 3.63) is 35.9 Å². The van der Waals surface area contributed by atoms with Crippen LogP contribution in [-0.2, 0) is 9.53 Å². The molecule has 0 radical (unpaired) electrons. The number of rotatable bonds is 5. The minimum absolute atomic E-state index is 0.159. The summed E-state index contributed by atoms with van der Waals surface area (Å²) in [5.74, 6) is 2.40. The average Bonchev–Trinajstić information content (AvgIpc) is 3.25. The van der Waals surface area contributed by atoms with Crippen LogP contribution in [0.3, 0.4) is 0 Å². The van der Waals surface area contributed by atoms with Crippen LogP contribution in [0.2, 0.25) is 0 Å². The third kappa shape index (κ3) is 4.86. The normalized spacial score (nSPS) is 26.7. The highest BCUT2D eigenvalue weighted by molar-refractivity contribution is 7.99. The lowest BCUT2D eigenvalue weighted by Gasteiger charge is -2.38. The molecule has 0 aliphatic carbocycles. The van der Waals surface area contributed by atoms with E-state index < -0.39 is 0 Å². The molecular weight excluding hydrogens is 358 g/mol. The summed E-state index contributed by atoms with van der Waals surface area (Å²) in [6.45, 7) is 5.87. The van der Waals surface area contributed by atoms with Gasteiger partial charge in [-0.2, -0.15) is 11.8 Å². The lowest BCUT2D eigenvalue weighted by atomic mass is 10.00. The Bertz CT molecular complexity index is 595. The standard InChI is InChI=1S/C21H31N3O2S/c25-21(22-18-6-9-23(10-7-18)19-8-13-26-16-19)20(17-4-2-1-3-5-17)24-11-14-27-15-12-24/h1-5,18-20H,6-16H2,(H,22,25). The van der Waals surface area contributed by atoms with Gasteiger partial charge in [-0.3, -0.25) is 14.6 Å². The Morgan fingerprint density at radius 2 is 1.81 bits per heavy atom. The van der Waals surface area contributed by atoms with Gasteiger partial charge in [0.1, 0.15) is 6.04 Å². The van der Waals surface area contributed by atoms with Gasteiger partial charge < -0.3 is 10.1 Å². The summed E-state index contributed by atoms with van der Waals surface area (Å²) in [4.78, 5) is 18.2. The van der Waals surface area contributed by atoms with Gasteiger partial charge in [-0.15, -0.1) is 0 Å². The number of carbonyl (C=O) groups excluding carboxylic acids is 1. The lowest BCUT2D eigenvalue weighted by Crippen LogP contribution is -2.51. The van der Waals surface area contributed by atoms with Crippen LogP contribution in [0.4, 0.5) is 0 Å². The van der Waals surface area contributed by atoms with Crippen molar-refractivity contribution < 1.29 is 9.53 Å². The molecule has 2 atom stereocenters. The zero-order valence-electron chi connectivity index (χ0n) is 16.0. The highest BCUT2D eigenvalue weighted by Gasteiger charge is 2.32. The maximum atomic E-state index is 13.3. The van der Waals surface area contributed by atoms with E-state index in [4.69, 9.17) is 4.74 Å². The van der Waals surface area contributed by atoms with Crippen molar-refractivity contribution in [3.8, 4) is 0 Å². The molecule has 6 heteroatoms. The van der Waals surface area contributed by atoms with Crippen LogP contribution in [-0.4, -0.2) is 78.7 Å². The first kappa shape index (κ1) is 19.2. The molecular formula is C21H31N3O2S. The predicted molar refractivity (Wildman–Crippen MR) is 110 cm³/mol. The fourth-order valence-corrected chi connectivity index (χ4v) is 5.43. The average molecular weight is 390 g/mol. The molecule has 3 saturated heterocycles. The lowest BCUT2D eigenvalue weighted by molar-refractivity contribution is -0.127. The summed E-state index contributed by atoms with van der Waals surface area (Å²) in [7, 11) is 0. The molecule has 1 aromatic rings. The second-order valence-corrected chi connectivity index (χ2v) is 9.02. The van der Waals surface area contributed by atoms with Crippen LogP contribution in [0.1, 0.15) is 30.9 Å². The van der Waals surface area contributed by atoms with Crippen LogP contribution in [0.25, 0.3) is 0 Å². The van der Waals surface area contributed by atoms with Gasteiger partial charge in [0.05, 0.1) is 6.61 Å². The summed E-state index contributed by atoms with van der Waals surface area (Å²) in [5, 5.41) is 3.38. The van der Waals surface area contributed by atoms with E-state index in [1.54, 1.807) is 0 Å². The number of benzene rings is 1. The van der Waals surface area contributed by atoms with Crippen LogP contribution >= 0.6 is 11.8 Å². The minimum atomic E-state index is -0.159. The first-order valence-electron chi connectivity index (χ1n) is 10.3. The number of nitrogens with one attached hydrogen (secondary N) is 1. The number of hydrogen-bond acceptors (Lipinski definition) is 5. The zero-order valence-corrected chi connectivity index (χ0v) is 16.8. The van der Waals surface area contributed by atoms with Gasteiger partial charge in [0.15, 0.2) is 0 Å². The van der Waals surface area contributed by atoms with Crippen molar-refractivity contribution in [3.63, 3.8) is 0 Å². The van der Waals surface area contributed by atoms with E-state index in [-0.39, 0.29) is 11.9 Å². The quantitative estimate of drug-likeness (QED) is 0.836. The topological polar surface area (TPSA) is 44.8 Å². The molecule has 1 amide bonds. The summed E-state index contributed by atoms with van der Waals surface area (Å²) in [6.07, 6.45) is 3.24. The molecule has 27 heavy (non-hydrogen) atoms. The highest BCUT2D eigenvalue weighted by Crippen LogP contribution is 2.26. The fraction of sp³-hybridized carbons (Fsp3) is 0.667. The second kappa shape index (κ2) is 9.41. The van der Waals surface area contributed by atoms with E-state index in [2.05, 4.69) is 27.2 Å². The monoisotopic (exact) mass is 389 g/mol. The SMILES string of the molecule is O=C(NC1CCN(C2CCOC2)CC1)C(c1ccccc1)N1CCSCC1. The van der Waals surface area contributed by atoms with Gasteiger partial charge in [0, 0.05) is 56.4 Å². The Balaban J connectivity index is 1.37. The van der Waals surface area contributed by atoms with Crippen LogP contribution in [0.5, 0.6) is 0 Å². The number of ether oxygens (including phenoxy) is 1. The van der Waals surface area contributed by atoms with Crippen LogP contribution in [0.15, 0.2) is 30.3 Å². The third-order valence-electron chi connectivity index (χ3n) is 6.07. The van der Waals surface area contributed by atoms with Crippen molar-refractivity contribution in [1.29, 1.82) is 0 Å². The smallest absolute Gasteiger partial charge is 0.242 e. The van der Waals surface area contributed by atoms with Crippen molar-refractivity contribution in [2.24, 2.45) is 0 Å². The van der Waals surface area contributed by atoms with Gasteiger partial charge in [-0.1, -0.05) is 30.3 Å². The van der Waals surface area contributed by atoms with Gasteiger partial charge in [0.25, 0.3) is 0 Å². The summed E-state index contributed by atoms with van der Waals surface area (Å²) in [6, 6.07) is 11.0. The highest BCUT2D eigenvalue weighted by atomic mass is 32.2. The van der Waals surface area contributed by atoms with Gasteiger partial charge >= 0.3 is 0 Å². The Morgan fingerprint density at radius 1 is 1.07 bits per heavy atom. The van der Waals surface area contributed by atoms with Gasteiger partial charge in [0.2, 0.25) is 5.91 Å².